The van der Waals surface area contributed by atoms with Crippen LogP contribution in [0.5, 0.6) is 0 Å². The van der Waals surface area contributed by atoms with Crippen LogP contribution in [0.3, 0.4) is 0 Å². The molecule has 3 heteroatoms. The molecule has 0 saturated heterocycles. The van der Waals surface area contributed by atoms with Gasteiger partial charge in [-0.2, -0.15) is 0 Å². The van der Waals surface area contributed by atoms with Gasteiger partial charge in [-0.3, -0.25) is 0 Å². The van der Waals surface area contributed by atoms with E-state index < -0.39 is 0 Å². The maximum Gasteiger partial charge on any atom is 0.0425 e. The van der Waals surface area contributed by atoms with Crippen LogP contribution in [0.25, 0.3) is 0 Å². The summed E-state index contributed by atoms with van der Waals surface area (Å²) >= 11 is 3.48. The van der Waals surface area contributed by atoms with Crippen molar-refractivity contribution in [2.45, 2.75) is 13.8 Å². The lowest BCUT2D eigenvalue weighted by Gasteiger charge is -2.11. The fourth-order valence-electron chi connectivity index (χ4n) is 1.64. The molecule has 2 aromatic rings. The molecule has 2 aromatic carbocycles. The molecule has 0 fully saturated rings. The van der Waals surface area contributed by atoms with Gasteiger partial charge in [0.25, 0.3) is 0 Å². The normalized spacial score (nSPS) is 10.3. The second-order valence-corrected chi connectivity index (χ2v) is 5.07. The van der Waals surface area contributed by atoms with Gasteiger partial charge >= 0.3 is 0 Å². The monoisotopic (exact) mass is 290 g/mol. The number of hydrogen-bond acceptors (Lipinski definition) is 2. The fraction of sp³-hybridized carbons (Fsp3) is 0.143. The standard InChI is InChI=1S/C14H15BrN2/c1-9-3-4-11(15)8-14(9)17-12-5-6-13(16)10(2)7-12/h3-8,17H,16H2,1-2H3. The Morgan fingerprint density at radius 3 is 2.47 bits per heavy atom. The molecule has 3 N–H and O–H groups in total. The number of anilines is 3. The Morgan fingerprint density at radius 1 is 1.00 bits per heavy atom. The van der Waals surface area contributed by atoms with E-state index in [9.17, 15) is 0 Å². The van der Waals surface area contributed by atoms with Gasteiger partial charge in [0, 0.05) is 21.5 Å². The molecule has 0 saturated carbocycles. The summed E-state index contributed by atoms with van der Waals surface area (Å²) < 4.78 is 1.07. The highest BCUT2D eigenvalue weighted by molar-refractivity contribution is 9.10. The third-order valence-corrected chi connectivity index (χ3v) is 3.24. The Kier molecular flexibility index (Phi) is 3.38. The molecular weight excluding hydrogens is 276 g/mol. The summed E-state index contributed by atoms with van der Waals surface area (Å²) in [7, 11) is 0. The van der Waals surface area contributed by atoms with E-state index in [1.54, 1.807) is 0 Å². The van der Waals surface area contributed by atoms with E-state index in [1.165, 1.54) is 5.56 Å². The Balaban J connectivity index is 2.31. The molecule has 0 aromatic heterocycles. The lowest BCUT2D eigenvalue weighted by molar-refractivity contribution is 1.40. The van der Waals surface area contributed by atoms with Crippen molar-refractivity contribution in [3.05, 3.63) is 52.0 Å². The molecule has 0 radical (unpaired) electrons. The van der Waals surface area contributed by atoms with Crippen molar-refractivity contribution < 1.29 is 0 Å². The van der Waals surface area contributed by atoms with Crippen LogP contribution >= 0.6 is 15.9 Å². The number of nitrogen functional groups attached to an aromatic ring is 1. The predicted molar refractivity (Wildman–Crippen MR) is 77.8 cm³/mol. The minimum Gasteiger partial charge on any atom is -0.399 e. The van der Waals surface area contributed by atoms with E-state index >= 15 is 0 Å². The van der Waals surface area contributed by atoms with Crippen LogP contribution in [0.2, 0.25) is 0 Å². The Bertz CT molecular complexity index is 550. The zero-order valence-corrected chi connectivity index (χ0v) is 11.5. The SMILES string of the molecule is Cc1cc(Nc2cc(Br)ccc2C)ccc1N. The van der Waals surface area contributed by atoms with E-state index in [-0.39, 0.29) is 0 Å². The zero-order chi connectivity index (χ0) is 12.4. The highest BCUT2D eigenvalue weighted by Crippen LogP contribution is 2.26. The number of rotatable bonds is 2. The van der Waals surface area contributed by atoms with E-state index in [0.29, 0.717) is 0 Å². The van der Waals surface area contributed by atoms with Crippen molar-refractivity contribution in [3.63, 3.8) is 0 Å². The molecule has 0 aliphatic carbocycles. The van der Waals surface area contributed by atoms with Crippen molar-refractivity contribution >= 4 is 33.0 Å². The molecule has 0 heterocycles. The van der Waals surface area contributed by atoms with Gasteiger partial charge in [-0.05, 0) is 55.3 Å². The van der Waals surface area contributed by atoms with Crippen LogP contribution in [-0.2, 0) is 0 Å². The average Bonchev–Trinajstić information content (AvgIpc) is 2.29. The minimum atomic E-state index is 0.821. The van der Waals surface area contributed by atoms with Crippen LogP contribution in [0.4, 0.5) is 17.1 Å². The van der Waals surface area contributed by atoms with Crippen LogP contribution in [0.1, 0.15) is 11.1 Å². The Hall–Kier alpha value is -1.48. The molecule has 2 rings (SSSR count). The van der Waals surface area contributed by atoms with Crippen molar-refractivity contribution in [3.8, 4) is 0 Å². The smallest absolute Gasteiger partial charge is 0.0425 e. The summed E-state index contributed by atoms with van der Waals surface area (Å²) in [5.41, 5.74) is 11.1. The van der Waals surface area contributed by atoms with Gasteiger partial charge < -0.3 is 11.1 Å². The van der Waals surface area contributed by atoms with Crippen molar-refractivity contribution in [2.75, 3.05) is 11.1 Å². The second-order valence-electron chi connectivity index (χ2n) is 4.16. The van der Waals surface area contributed by atoms with Crippen LogP contribution < -0.4 is 11.1 Å². The van der Waals surface area contributed by atoms with Gasteiger partial charge in [-0.1, -0.05) is 22.0 Å². The third-order valence-electron chi connectivity index (χ3n) is 2.75. The first-order chi connectivity index (χ1) is 8.06. The molecule has 0 amide bonds. The van der Waals surface area contributed by atoms with Crippen LogP contribution in [0, 0.1) is 13.8 Å². The summed E-state index contributed by atoms with van der Waals surface area (Å²) in [6.45, 7) is 4.09. The van der Waals surface area contributed by atoms with Gasteiger partial charge in [0.2, 0.25) is 0 Å². The van der Waals surface area contributed by atoms with E-state index in [4.69, 9.17) is 5.73 Å². The van der Waals surface area contributed by atoms with E-state index in [0.717, 1.165) is 27.1 Å². The largest absolute Gasteiger partial charge is 0.399 e. The Morgan fingerprint density at radius 2 is 1.76 bits per heavy atom. The molecular formula is C14H15BrN2. The number of aryl methyl sites for hydroxylation is 2. The van der Waals surface area contributed by atoms with Gasteiger partial charge in [0.15, 0.2) is 0 Å². The van der Waals surface area contributed by atoms with Gasteiger partial charge in [0.05, 0.1) is 0 Å². The molecule has 0 aliphatic heterocycles. The molecule has 88 valence electrons. The lowest BCUT2D eigenvalue weighted by Crippen LogP contribution is -1.95. The van der Waals surface area contributed by atoms with E-state index in [1.807, 2.05) is 25.1 Å². The van der Waals surface area contributed by atoms with Crippen LogP contribution in [-0.4, -0.2) is 0 Å². The number of hydrogen-bond donors (Lipinski definition) is 2. The first kappa shape index (κ1) is 12.0. The number of nitrogens with two attached hydrogens (primary N) is 1. The molecule has 0 spiro atoms. The molecule has 0 atom stereocenters. The van der Waals surface area contributed by atoms with Crippen LogP contribution in [0.15, 0.2) is 40.9 Å². The maximum absolute atomic E-state index is 5.80. The summed E-state index contributed by atoms with van der Waals surface area (Å²) in [6.07, 6.45) is 0. The molecule has 17 heavy (non-hydrogen) atoms. The first-order valence-electron chi connectivity index (χ1n) is 5.45. The molecule has 0 bridgehead atoms. The van der Waals surface area contributed by atoms with Crippen molar-refractivity contribution in [1.82, 2.24) is 0 Å². The summed E-state index contributed by atoms with van der Waals surface area (Å²) in [5.74, 6) is 0. The topological polar surface area (TPSA) is 38.0 Å². The second kappa shape index (κ2) is 4.80. The van der Waals surface area contributed by atoms with Gasteiger partial charge in [-0.15, -0.1) is 0 Å². The minimum absolute atomic E-state index is 0.821. The highest BCUT2D eigenvalue weighted by atomic mass is 79.9. The number of nitrogens with one attached hydrogen (secondary N) is 1. The molecule has 0 aliphatic rings. The summed E-state index contributed by atoms with van der Waals surface area (Å²) in [6, 6.07) is 12.1. The fourth-order valence-corrected chi connectivity index (χ4v) is 2.00. The highest BCUT2D eigenvalue weighted by Gasteiger charge is 2.01. The quantitative estimate of drug-likeness (QED) is 0.805. The zero-order valence-electron chi connectivity index (χ0n) is 9.92. The van der Waals surface area contributed by atoms with Crippen molar-refractivity contribution in [2.24, 2.45) is 0 Å². The summed E-state index contributed by atoms with van der Waals surface area (Å²) in [5, 5.41) is 3.40. The number of halogens is 1. The van der Waals surface area contributed by atoms with Crippen molar-refractivity contribution in [1.29, 1.82) is 0 Å². The Labute approximate surface area is 110 Å². The molecule has 0 unspecified atom stereocenters. The average molecular weight is 291 g/mol. The first-order valence-corrected chi connectivity index (χ1v) is 6.25. The van der Waals surface area contributed by atoms with Gasteiger partial charge in [0.1, 0.15) is 0 Å². The van der Waals surface area contributed by atoms with E-state index in [2.05, 4.69) is 46.4 Å². The van der Waals surface area contributed by atoms with Gasteiger partial charge in [-0.25, -0.2) is 0 Å². The summed E-state index contributed by atoms with van der Waals surface area (Å²) in [4.78, 5) is 0. The third kappa shape index (κ3) is 2.80. The number of benzene rings is 2. The predicted octanol–water partition coefficient (Wildman–Crippen LogP) is 4.39. The lowest BCUT2D eigenvalue weighted by atomic mass is 10.1. The maximum atomic E-state index is 5.80. The molecule has 2 nitrogen and oxygen atoms in total.